The van der Waals surface area contributed by atoms with Gasteiger partial charge in [0, 0.05) is 18.0 Å². The summed E-state index contributed by atoms with van der Waals surface area (Å²) in [7, 11) is 1.80. The van der Waals surface area contributed by atoms with Crippen LogP contribution in [0.4, 0.5) is 0 Å². The molecule has 126 valence electrons. The van der Waals surface area contributed by atoms with Gasteiger partial charge in [0.05, 0.1) is 13.1 Å². The number of carboxylic acid groups (broad SMARTS) is 1. The second-order valence-corrected chi connectivity index (χ2v) is 7.74. The summed E-state index contributed by atoms with van der Waals surface area (Å²) in [5, 5.41) is 11.5. The number of carbonyl (C=O) groups is 2. The molecule has 1 aliphatic carbocycles. The van der Waals surface area contributed by atoms with Gasteiger partial charge in [0.1, 0.15) is 6.04 Å². The van der Waals surface area contributed by atoms with Crippen molar-refractivity contribution in [3.8, 4) is 0 Å². The van der Waals surface area contributed by atoms with E-state index in [-0.39, 0.29) is 18.5 Å². The number of hydrogen-bond acceptors (Lipinski definition) is 4. The smallest absolute Gasteiger partial charge is 0.320 e. The predicted molar refractivity (Wildman–Crippen MR) is 89.3 cm³/mol. The van der Waals surface area contributed by atoms with Crippen LogP contribution in [0.2, 0.25) is 0 Å². The van der Waals surface area contributed by atoms with Crippen molar-refractivity contribution in [3.63, 3.8) is 0 Å². The summed E-state index contributed by atoms with van der Waals surface area (Å²) in [6, 6.07) is 3.76. The summed E-state index contributed by atoms with van der Waals surface area (Å²) in [6.45, 7) is 0.816. The molecule has 2 aliphatic rings. The maximum atomic E-state index is 12.6. The van der Waals surface area contributed by atoms with Gasteiger partial charge in [-0.1, -0.05) is 18.9 Å². The van der Waals surface area contributed by atoms with Crippen LogP contribution in [0.1, 0.15) is 37.0 Å². The number of hydrogen-bond donors (Lipinski definition) is 1. The van der Waals surface area contributed by atoms with Gasteiger partial charge in [0.15, 0.2) is 0 Å². The standard InChI is InChI=1S/C17H24N2O3S/c1-18(10-13-6-4-8-23-13)16(20)11-19-14-7-3-2-5-12(14)9-15(19)17(21)22/h4,6,8,12,14-15H,2-3,5,7,9-11H2,1H3,(H,21,22)/t12-,14+,15-/m0/s1. The van der Waals surface area contributed by atoms with E-state index in [2.05, 4.69) is 0 Å². The van der Waals surface area contributed by atoms with Gasteiger partial charge in [0.2, 0.25) is 5.91 Å². The molecule has 0 unspecified atom stereocenters. The van der Waals surface area contributed by atoms with E-state index in [1.165, 1.54) is 6.42 Å². The zero-order valence-corrected chi connectivity index (χ0v) is 14.3. The lowest BCUT2D eigenvalue weighted by Crippen LogP contribution is -2.47. The van der Waals surface area contributed by atoms with Crippen LogP contribution in [0.5, 0.6) is 0 Å². The first kappa shape index (κ1) is 16.5. The third kappa shape index (κ3) is 3.58. The summed E-state index contributed by atoms with van der Waals surface area (Å²) < 4.78 is 0. The fourth-order valence-electron chi connectivity index (χ4n) is 4.02. The van der Waals surface area contributed by atoms with Crippen LogP contribution in [-0.4, -0.2) is 52.5 Å². The van der Waals surface area contributed by atoms with Crippen LogP contribution in [0.15, 0.2) is 17.5 Å². The topological polar surface area (TPSA) is 60.9 Å². The molecular weight excluding hydrogens is 312 g/mol. The quantitative estimate of drug-likeness (QED) is 0.897. The van der Waals surface area contributed by atoms with E-state index >= 15 is 0 Å². The van der Waals surface area contributed by atoms with Gasteiger partial charge in [-0.25, -0.2) is 0 Å². The average Bonchev–Trinajstić information content (AvgIpc) is 3.15. The molecule has 5 nitrogen and oxygen atoms in total. The van der Waals surface area contributed by atoms with Gasteiger partial charge in [-0.15, -0.1) is 11.3 Å². The minimum absolute atomic E-state index is 0.0101. The first-order valence-corrected chi connectivity index (χ1v) is 9.19. The Labute approximate surface area is 140 Å². The molecule has 0 spiro atoms. The Morgan fingerprint density at radius 3 is 2.87 bits per heavy atom. The minimum Gasteiger partial charge on any atom is -0.480 e. The number of likely N-dealkylation sites (tertiary alicyclic amines) is 1. The zero-order chi connectivity index (χ0) is 16.4. The van der Waals surface area contributed by atoms with E-state index in [1.54, 1.807) is 23.3 Å². The maximum absolute atomic E-state index is 12.6. The van der Waals surface area contributed by atoms with Crippen molar-refractivity contribution in [2.24, 2.45) is 5.92 Å². The molecule has 3 atom stereocenters. The predicted octanol–water partition coefficient (Wildman–Crippen LogP) is 2.42. The number of thiophene rings is 1. The second kappa shape index (κ2) is 7.01. The Morgan fingerprint density at radius 2 is 2.17 bits per heavy atom. The number of fused-ring (bicyclic) bond motifs is 1. The number of carboxylic acids is 1. The molecule has 1 aromatic rings. The monoisotopic (exact) mass is 336 g/mol. The summed E-state index contributed by atoms with van der Waals surface area (Å²) in [5.41, 5.74) is 0. The molecule has 2 heterocycles. The lowest BCUT2D eigenvalue weighted by atomic mass is 9.85. The van der Waals surface area contributed by atoms with Crippen LogP contribution in [0.25, 0.3) is 0 Å². The molecule has 1 saturated heterocycles. The summed E-state index contributed by atoms with van der Waals surface area (Å²) in [5.74, 6) is -0.329. The summed E-state index contributed by atoms with van der Waals surface area (Å²) in [6.07, 6.45) is 5.15. The SMILES string of the molecule is CN(Cc1cccs1)C(=O)CN1[C@@H]2CCCC[C@H]2C[C@H]1C(=O)O. The lowest BCUT2D eigenvalue weighted by Gasteiger charge is -2.33. The van der Waals surface area contributed by atoms with Gasteiger partial charge in [0.25, 0.3) is 0 Å². The number of amides is 1. The van der Waals surface area contributed by atoms with Crippen molar-refractivity contribution in [2.45, 2.75) is 50.7 Å². The third-order valence-corrected chi connectivity index (χ3v) is 6.08. The highest BCUT2D eigenvalue weighted by molar-refractivity contribution is 7.09. The Kier molecular flexibility index (Phi) is 5.02. The highest BCUT2D eigenvalue weighted by Crippen LogP contribution is 2.39. The maximum Gasteiger partial charge on any atom is 0.320 e. The first-order valence-electron chi connectivity index (χ1n) is 8.31. The fraction of sp³-hybridized carbons (Fsp3) is 0.647. The zero-order valence-electron chi connectivity index (χ0n) is 13.5. The van der Waals surface area contributed by atoms with Crippen molar-refractivity contribution in [1.82, 2.24) is 9.80 Å². The molecule has 1 aliphatic heterocycles. The molecule has 0 bridgehead atoms. The first-order chi connectivity index (χ1) is 11.1. The van der Waals surface area contributed by atoms with E-state index in [0.717, 1.165) is 24.1 Å². The van der Waals surface area contributed by atoms with Crippen LogP contribution in [0, 0.1) is 5.92 Å². The second-order valence-electron chi connectivity index (χ2n) is 6.70. The molecule has 3 rings (SSSR count). The number of carbonyl (C=O) groups excluding carboxylic acids is 1. The third-order valence-electron chi connectivity index (χ3n) is 5.22. The highest BCUT2D eigenvalue weighted by Gasteiger charge is 2.45. The largest absolute Gasteiger partial charge is 0.480 e. The lowest BCUT2D eigenvalue weighted by molar-refractivity contribution is -0.144. The summed E-state index contributed by atoms with van der Waals surface area (Å²) in [4.78, 5) is 29.0. The van der Waals surface area contributed by atoms with Crippen LogP contribution in [-0.2, 0) is 16.1 Å². The molecule has 1 saturated carbocycles. The molecule has 1 amide bonds. The highest BCUT2D eigenvalue weighted by atomic mass is 32.1. The Hall–Kier alpha value is -1.40. The fourth-order valence-corrected chi connectivity index (χ4v) is 4.78. The number of rotatable bonds is 5. The van der Waals surface area contributed by atoms with Crippen LogP contribution in [0.3, 0.4) is 0 Å². The van der Waals surface area contributed by atoms with E-state index in [4.69, 9.17) is 0 Å². The number of aliphatic carboxylic acids is 1. The summed E-state index contributed by atoms with van der Waals surface area (Å²) >= 11 is 1.63. The average molecular weight is 336 g/mol. The Bertz CT molecular complexity index is 560. The van der Waals surface area contributed by atoms with Gasteiger partial charge in [-0.3, -0.25) is 14.5 Å². The Morgan fingerprint density at radius 1 is 1.39 bits per heavy atom. The number of likely N-dealkylation sites (N-methyl/N-ethyl adjacent to an activating group) is 1. The van der Waals surface area contributed by atoms with E-state index < -0.39 is 12.0 Å². The van der Waals surface area contributed by atoms with Crippen molar-refractivity contribution < 1.29 is 14.7 Å². The van der Waals surface area contributed by atoms with E-state index in [1.807, 2.05) is 22.4 Å². The molecule has 23 heavy (non-hydrogen) atoms. The molecule has 0 radical (unpaired) electrons. The van der Waals surface area contributed by atoms with Gasteiger partial charge >= 0.3 is 5.97 Å². The minimum atomic E-state index is -0.784. The molecule has 1 N–H and O–H groups in total. The molecular formula is C17H24N2O3S. The van der Waals surface area contributed by atoms with Crippen molar-refractivity contribution in [3.05, 3.63) is 22.4 Å². The molecule has 0 aromatic carbocycles. The Balaban J connectivity index is 1.66. The molecule has 2 fully saturated rings. The van der Waals surface area contributed by atoms with Gasteiger partial charge in [-0.2, -0.15) is 0 Å². The van der Waals surface area contributed by atoms with Gasteiger partial charge in [-0.05, 0) is 36.6 Å². The molecule has 1 aromatic heterocycles. The van der Waals surface area contributed by atoms with Gasteiger partial charge < -0.3 is 10.0 Å². The van der Waals surface area contributed by atoms with E-state index in [0.29, 0.717) is 18.9 Å². The van der Waals surface area contributed by atoms with Crippen molar-refractivity contribution >= 4 is 23.2 Å². The van der Waals surface area contributed by atoms with Crippen LogP contribution >= 0.6 is 11.3 Å². The van der Waals surface area contributed by atoms with E-state index in [9.17, 15) is 14.7 Å². The van der Waals surface area contributed by atoms with Crippen LogP contribution < -0.4 is 0 Å². The van der Waals surface area contributed by atoms with Crippen molar-refractivity contribution in [2.75, 3.05) is 13.6 Å². The van der Waals surface area contributed by atoms with Crippen molar-refractivity contribution in [1.29, 1.82) is 0 Å². The number of nitrogens with zero attached hydrogens (tertiary/aromatic N) is 2. The normalized spacial score (nSPS) is 27.6. The molecule has 6 heteroatoms.